The van der Waals surface area contributed by atoms with Gasteiger partial charge < -0.3 is 10.1 Å². The third kappa shape index (κ3) is 4.11. The molecular weight excluding hydrogens is 313 g/mol. The van der Waals surface area contributed by atoms with Crippen molar-refractivity contribution in [2.24, 2.45) is 11.8 Å². The number of esters is 1. The van der Waals surface area contributed by atoms with Gasteiger partial charge in [-0.25, -0.2) is 0 Å². The second-order valence-electron chi connectivity index (χ2n) is 5.43. The van der Waals surface area contributed by atoms with Crippen molar-refractivity contribution in [1.82, 2.24) is 0 Å². The molecule has 1 amide bonds. The molecule has 21 heavy (non-hydrogen) atoms. The van der Waals surface area contributed by atoms with E-state index in [1.807, 2.05) is 6.92 Å². The van der Waals surface area contributed by atoms with Crippen LogP contribution in [0.2, 0.25) is 10.0 Å². The summed E-state index contributed by atoms with van der Waals surface area (Å²) in [5.41, 5.74) is 0.475. The quantitative estimate of drug-likeness (QED) is 0.852. The second-order valence-corrected chi connectivity index (χ2v) is 6.27. The van der Waals surface area contributed by atoms with E-state index in [4.69, 9.17) is 27.9 Å². The molecular formula is C15H17Cl2NO3. The summed E-state index contributed by atoms with van der Waals surface area (Å²) in [6.45, 7) is 3.64. The number of anilines is 1. The van der Waals surface area contributed by atoms with Gasteiger partial charge in [-0.1, -0.05) is 30.1 Å². The van der Waals surface area contributed by atoms with Crippen molar-refractivity contribution in [3.63, 3.8) is 0 Å². The molecule has 6 heteroatoms. The zero-order chi connectivity index (χ0) is 15.6. The van der Waals surface area contributed by atoms with Crippen LogP contribution in [0.15, 0.2) is 18.2 Å². The molecule has 0 spiro atoms. The molecule has 1 heterocycles. The van der Waals surface area contributed by atoms with Crippen LogP contribution < -0.4 is 5.32 Å². The van der Waals surface area contributed by atoms with E-state index in [1.165, 1.54) is 0 Å². The molecule has 0 bridgehead atoms. The average Bonchev–Trinajstić information content (AvgIpc) is 2.72. The van der Waals surface area contributed by atoms with Crippen molar-refractivity contribution in [1.29, 1.82) is 0 Å². The molecule has 0 aliphatic carbocycles. The van der Waals surface area contributed by atoms with Gasteiger partial charge in [0, 0.05) is 10.9 Å². The minimum Gasteiger partial charge on any atom is -0.462 e. The fraction of sp³-hybridized carbons (Fsp3) is 0.467. The van der Waals surface area contributed by atoms with E-state index in [0.717, 1.165) is 0 Å². The summed E-state index contributed by atoms with van der Waals surface area (Å²) in [7, 11) is 0. The van der Waals surface area contributed by atoms with Crippen LogP contribution in [0.5, 0.6) is 0 Å². The Bertz CT molecular complexity index is 562. The zero-order valence-corrected chi connectivity index (χ0v) is 13.4. The average molecular weight is 330 g/mol. The molecule has 1 fully saturated rings. The molecule has 2 rings (SSSR count). The van der Waals surface area contributed by atoms with E-state index >= 15 is 0 Å². The lowest BCUT2D eigenvalue weighted by atomic mass is 9.93. The highest BCUT2D eigenvalue weighted by Gasteiger charge is 2.34. The number of hydrogen-bond acceptors (Lipinski definition) is 3. The van der Waals surface area contributed by atoms with Gasteiger partial charge in [-0.3, -0.25) is 9.59 Å². The van der Waals surface area contributed by atoms with Crippen LogP contribution in [0.3, 0.4) is 0 Å². The highest BCUT2D eigenvalue weighted by atomic mass is 35.5. The monoisotopic (exact) mass is 329 g/mol. The molecule has 0 aromatic heterocycles. The molecule has 114 valence electrons. The van der Waals surface area contributed by atoms with Crippen LogP contribution in [0.4, 0.5) is 5.69 Å². The summed E-state index contributed by atoms with van der Waals surface area (Å²) in [6, 6.07) is 4.87. The minimum atomic E-state index is -0.317. The molecule has 0 saturated carbocycles. The maximum atomic E-state index is 12.2. The summed E-state index contributed by atoms with van der Waals surface area (Å²) in [4.78, 5) is 23.8. The van der Waals surface area contributed by atoms with Crippen LogP contribution in [0.25, 0.3) is 0 Å². The number of rotatable bonds is 4. The molecule has 1 N–H and O–H groups in total. The number of amides is 1. The molecule has 3 atom stereocenters. The van der Waals surface area contributed by atoms with Crippen LogP contribution in [0.1, 0.15) is 26.7 Å². The first-order valence-corrected chi connectivity index (χ1v) is 7.59. The third-order valence-corrected chi connectivity index (χ3v) is 4.10. The molecule has 1 aromatic rings. The normalized spacial score (nSPS) is 22.8. The number of ether oxygens (including phenoxy) is 1. The van der Waals surface area contributed by atoms with Crippen molar-refractivity contribution in [2.75, 3.05) is 5.32 Å². The topological polar surface area (TPSA) is 55.4 Å². The Labute approximate surface area is 133 Å². The molecule has 1 saturated heterocycles. The van der Waals surface area contributed by atoms with Crippen molar-refractivity contribution in [3.8, 4) is 0 Å². The second kappa shape index (κ2) is 6.67. The Kier molecular flexibility index (Phi) is 5.12. The van der Waals surface area contributed by atoms with Gasteiger partial charge in [0.2, 0.25) is 5.91 Å². The van der Waals surface area contributed by atoms with Gasteiger partial charge in [0.1, 0.15) is 0 Å². The predicted molar refractivity (Wildman–Crippen MR) is 82.5 cm³/mol. The lowest BCUT2D eigenvalue weighted by Gasteiger charge is -2.15. The van der Waals surface area contributed by atoms with E-state index in [1.54, 1.807) is 25.1 Å². The zero-order valence-electron chi connectivity index (χ0n) is 11.9. The van der Waals surface area contributed by atoms with Gasteiger partial charge in [-0.05, 0) is 38.0 Å². The van der Waals surface area contributed by atoms with E-state index in [9.17, 15) is 9.59 Å². The molecule has 4 nitrogen and oxygen atoms in total. The highest BCUT2D eigenvalue weighted by Crippen LogP contribution is 2.29. The van der Waals surface area contributed by atoms with Gasteiger partial charge >= 0.3 is 5.97 Å². The van der Waals surface area contributed by atoms with E-state index in [-0.39, 0.29) is 29.8 Å². The fourth-order valence-electron chi connectivity index (χ4n) is 2.42. The SMILES string of the molecule is CC1CC(CC(C)C(=O)Nc2cc(Cl)ccc2Cl)C(=O)O1. The Hall–Kier alpha value is -1.26. The van der Waals surface area contributed by atoms with Crippen LogP contribution in [0, 0.1) is 11.8 Å². The molecule has 0 radical (unpaired) electrons. The van der Waals surface area contributed by atoms with Gasteiger partial charge in [0.05, 0.1) is 22.7 Å². The smallest absolute Gasteiger partial charge is 0.309 e. The number of hydrogen-bond donors (Lipinski definition) is 1. The minimum absolute atomic E-state index is 0.0693. The van der Waals surface area contributed by atoms with Crippen LogP contribution in [-0.4, -0.2) is 18.0 Å². The van der Waals surface area contributed by atoms with Gasteiger partial charge in [-0.15, -0.1) is 0 Å². The van der Waals surface area contributed by atoms with Crippen molar-refractivity contribution >= 4 is 40.8 Å². The predicted octanol–water partition coefficient (Wildman–Crippen LogP) is 3.91. The van der Waals surface area contributed by atoms with Gasteiger partial charge in [0.15, 0.2) is 0 Å². The summed E-state index contributed by atoms with van der Waals surface area (Å²) >= 11 is 11.9. The maximum Gasteiger partial charge on any atom is 0.309 e. The third-order valence-electron chi connectivity index (χ3n) is 3.54. The van der Waals surface area contributed by atoms with E-state index < -0.39 is 0 Å². The number of nitrogens with one attached hydrogen (secondary N) is 1. The Morgan fingerprint density at radius 3 is 2.81 bits per heavy atom. The molecule has 1 aromatic carbocycles. The van der Waals surface area contributed by atoms with Gasteiger partial charge in [-0.2, -0.15) is 0 Å². The van der Waals surface area contributed by atoms with Crippen LogP contribution >= 0.6 is 23.2 Å². The Morgan fingerprint density at radius 2 is 2.19 bits per heavy atom. The summed E-state index contributed by atoms with van der Waals surface area (Å²) < 4.78 is 5.10. The first kappa shape index (κ1) is 16.1. The number of halogens is 2. The summed E-state index contributed by atoms with van der Waals surface area (Å²) in [5.74, 6) is -0.937. The number of cyclic esters (lactones) is 1. The Morgan fingerprint density at radius 1 is 1.48 bits per heavy atom. The number of carbonyl (C=O) groups is 2. The van der Waals surface area contributed by atoms with Crippen molar-refractivity contribution < 1.29 is 14.3 Å². The fourth-order valence-corrected chi connectivity index (χ4v) is 2.75. The number of carbonyl (C=O) groups excluding carboxylic acids is 2. The highest BCUT2D eigenvalue weighted by molar-refractivity contribution is 6.35. The largest absolute Gasteiger partial charge is 0.462 e. The van der Waals surface area contributed by atoms with Crippen molar-refractivity contribution in [3.05, 3.63) is 28.2 Å². The Balaban J connectivity index is 1.96. The van der Waals surface area contributed by atoms with Crippen LogP contribution in [-0.2, 0) is 14.3 Å². The van der Waals surface area contributed by atoms with Gasteiger partial charge in [0.25, 0.3) is 0 Å². The molecule has 1 aliphatic heterocycles. The van der Waals surface area contributed by atoms with E-state index in [0.29, 0.717) is 28.6 Å². The van der Waals surface area contributed by atoms with E-state index in [2.05, 4.69) is 5.32 Å². The standard InChI is InChI=1S/C15H17Cl2NO3/c1-8(5-10-6-9(2)21-15(10)20)14(19)18-13-7-11(16)3-4-12(13)17/h3-4,7-10H,5-6H2,1-2H3,(H,18,19). The summed E-state index contributed by atoms with van der Waals surface area (Å²) in [6.07, 6.45) is 1.06. The first-order chi connectivity index (χ1) is 9.86. The molecule has 1 aliphatic rings. The maximum absolute atomic E-state index is 12.2. The number of benzene rings is 1. The lowest BCUT2D eigenvalue weighted by Crippen LogP contribution is -2.24. The first-order valence-electron chi connectivity index (χ1n) is 6.83. The molecule has 3 unspecified atom stereocenters. The summed E-state index contributed by atoms with van der Waals surface area (Å²) in [5, 5.41) is 3.66. The lowest BCUT2D eigenvalue weighted by molar-refractivity contribution is -0.144. The van der Waals surface area contributed by atoms with Crippen molar-refractivity contribution in [2.45, 2.75) is 32.8 Å².